The quantitative estimate of drug-likeness (QED) is 0.771. The molecule has 0 aromatic heterocycles. The number of carboxylic acids is 1. The van der Waals surface area contributed by atoms with Crippen LogP contribution in [0.1, 0.15) is 32.8 Å². The van der Waals surface area contributed by atoms with E-state index in [0.717, 1.165) is 5.56 Å². The van der Waals surface area contributed by atoms with E-state index in [0.29, 0.717) is 12.8 Å². The molecule has 0 saturated carbocycles. The molecule has 1 rings (SSSR count). The van der Waals surface area contributed by atoms with Crippen molar-refractivity contribution >= 4 is 16.0 Å². The SMILES string of the molecule is CCc1ccccc1S(=O)(=O)NCC(CC(C)C)C(=O)O. The van der Waals surface area contributed by atoms with Gasteiger partial charge in [-0.3, -0.25) is 4.79 Å². The van der Waals surface area contributed by atoms with Crippen molar-refractivity contribution in [1.82, 2.24) is 4.72 Å². The number of rotatable bonds is 8. The zero-order valence-corrected chi connectivity index (χ0v) is 13.5. The van der Waals surface area contributed by atoms with Crippen LogP contribution in [0.3, 0.4) is 0 Å². The average molecular weight is 313 g/mol. The van der Waals surface area contributed by atoms with Crippen LogP contribution in [0, 0.1) is 11.8 Å². The molecule has 0 saturated heterocycles. The van der Waals surface area contributed by atoms with Crippen LogP contribution in [0.4, 0.5) is 0 Å². The summed E-state index contributed by atoms with van der Waals surface area (Å²) < 4.78 is 27.1. The van der Waals surface area contributed by atoms with E-state index in [-0.39, 0.29) is 17.4 Å². The van der Waals surface area contributed by atoms with E-state index < -0.39 is 21.9 Å². The Labute approximate surface area is 126 Å². The van der Waals surface area contributed by atoms with Gasteiger partial charge in [-0.1, -0.05) is 39.0 Å². The largest absolute Gasteiger partial charge is 0.481 e. The molecule has 6 heteroatoms. The average Bonchev–Trinajstić information content (AvgIpc) is 2.42. The lowest BCUT2D eigenvalue weighted by Crippen LogP contribution is -2.34. The first-order valence-electron chi connectivity index (χ1n) is 7.08. The summed E-state index contributed by atoms with van der Waals surface area (Å²) >= 11 is 0. The van der Waals surface area contributed by atoms with E-state index >= 15 is 0 Å². The highest BCUT2D eigenvalue weighted by Crippen LogP contribution is 2.17. The minimum absolute atomic E-state index is 0.0894. The minimum Gasteiger partial charge on any atom is -0.481 e. The Bertz CT molecular complexity index is 581. The Morgan fingerprint density at radius 2 is 1.90 bits per heavy atom. The van der Waals surface area contributed by atoms with Gasteiger partial charge in [0.25, 0.3) is 0 Å². The number of hydrogen-bond donors (Lipinski definition) is 2. The molecule has 1 aromatic carbocycles. The highest BCUT2D eigenvalue weighted by molar-refractivity contribution is 7.89. The molecule has 0 aliphatic rings. The molecular formula is C15H23NO4S. The van der Waals surface area contributed by atoms with Gasteiger partial charge in [-0.05, 0) is 30.4 Å². The van der Waals surface area contributed by atoms with Crippen molar-refractivity contribution in [2.24, 2.45) is 11.8 Å². The van der Waals surface area contributed by atoms with Crippen molar-refractivity contribution < 1.29 is 18.3 Å². The lowest BCUT2D eigenvalue weighted by molar-refractivity contribution is -0.142. The second-order valence-corrected chi connectivity index (χ2v) is 7.21. The molecular weight excluding hydrogens is 290 g/mol. The Balaban J connectivity index is 2.87. The number of carbonyl (C=O) groups is 1. The number of sulfonamides is 1. The van der Waals surface area contributed by atoms with Crippen molar-refractivity contribution in [3.05, 3.63) is 29.8 Å². The first-order valence-corrected chi connectivity index (χ1v) is 8.56. The summed E-state index contributed by atoms with van der Waals surface area (Å²) in [4.78, 5) is 11.4. The van der Waals surface area contributed by atoms with Gasteiger partial charge in [-0.25, -0.2) is 13.1 Å². The Kier molecular flexibility index (Phi) is 6.36. The third kappa shape index (κ3) is 5.13. The predicted octanol–water partition coefficient (Wildman–Crippen LogP) is 2.27. The van der Waals surface area contributed by atoms with Gasteiger partial charge in [0.2, 0.25) is 10.0 Å². The van der Waals surface area contributed by atoms with Crippen molar-refractivity contribution in [3.8, 4) is 0 Å². The lowest BCUT2D eigenvalue weighted by atomic mass is 9.98. The van der Waals surface area contributed by atoms with Gasteiger partial charge >= 0.3 is 5.97 Å². The van der Waals surface area contributed by atoms with E-state index in [1.54, 1.807) is 24.3 Å². The van der Waals surface area contributed by atoms with Gasteiger partial charge < -0.3 is 5.11 Å². The Morgan fingerprint density at radius 1 is 1.29 bits per heavy atom. The third-order valence-corrected chi connectivity index (χ3v) is 4.79. The van der Waals surface area contributed by atoms with E-state index in [1.165, 1.54) is 0 Å². The third-order valence-electron chi connectivity index (χ3n) is 3.27. The zero-order valence-electron chi connectivity index (χ0n) is 12.7. The lowest BCUT2D eigenvalue weighted by Gasteiger charge is -2.16. The van der Waals surface area contributed by atoms with E-state index in [4.69, 9.17) is 5.11 Å². The first kappa shape index (κ1) is 17.7. The molecule has 0 radical (unpaired) electrons. The summed E-state index contributed by atoms with van der Waals surface area (Å²) in [5, 5.41) is 9.16. The summed E-state index contributed by atoms with van der Waals surface area (Å²) in [6.07, 6.45) is 1.04. The van der Waals surface area contributed by atoms with Gasteiger partial charge in [0.15, 0.2) is 0 Å². The second kappa shape index (κ2) is 7.56. The van der Waals surface area contributed by atoms with Crippen LogP contribution in [0.5, 0.6) is 0 Å². The molecule has 21 heavy (non-hydrogen) atoms. The summed E-state index contributed by atoms with van der Waals surface area (Å²) in [6, 6.07) is 6.75. The molecule has 0 spiro atoms. The van der Waals surface area contributed by atoms with Crippen LogP contribution in [-0.4, -0.2) is 26.0 Å². The fourth-order valence-electron chi connectivity index (χ4n) is 2.19. The van der Waals surface area contributed by atoms with Crippen LogP contribution in [0.2, 0.25) is 0 Å². The molecule has 1 atom stereocenters. The fraction of sp³-hybridized carbons (Fsp3) is 0.533. The maximum atomic E-state index is 12.3. The van der Waals surface area contributed by atoms with Crippen LogP contribution in [-0.2, 0) is 21.2 Å². The number of carboxylic acid groups (broad SMARTS) is 1. The number of benzene rings is 1. The maximum absolute atomic E-state index is 12.3. The minimum atomic E-state index is -3.68. The fourth-order valence-corrected chi connectivity index (χ4v) is 3.58. The monoisotopic (exact) mass is 313 g/mol. The highest BCUT2D eigenvalue weighted by atomic mass is 32.2. The number of nitrogens with one attached hydrogen (secondary N) is 1. The molecule has 0 fully saturated rings. The van der Waals surface area contributed by atoms with Crippen LogP contribution in [0.25, 0.3) is 0 Å². The molecule has 0 aliphatic heterocycles. The van der Waals surface area contributed by atoms with Crippen molar-refractivity contribution in [2.45, 2.75) is 38.5 Å². The number of aliphatic carboxylic acids is 1. The van der Waals surface area contributed by atoms with Gasteiger partial charge in [-0.2, -0.15) is 0 Å². The van der Waals surface area contributed by atoms with Gasteiger partial charge in [0, 0.05) is 6.54 Å². The summed E-state index contributed by atoms with van der Waals surface area (Å²) in [6.45, 7) is 5.62. The van der Waals surface area contributed by atoms with Crippen LogP contribution < -0.4 is 4.72 Å². The molecule has 118 valence electrons. The van der Waals surface area contributed by atoms with E-state index in [1.807, 2.05) is 20.8 Å². The zero-order chi connectivity index (χ0) is 16.0. The molecule has 2 N–H and O–H groups in total. The first-order chi connectivity index (χ1) is 9.77. The maximum Gasteiger partial charge on any atom is 0.307 e. The highest BCUT2D eigenvalue weighted by Gasteiger charge is 2.23. The molecule has 0 aliphatic carbocycles. The molecule has 1 unspecified atom stereocenters. The standard InChI is InChI=1S/C15H23NO4S/c1-4-12-7-5-6-8-14(12)21(19,20)16-10-13(15(17)18)9-11(2)3/h5-8,11,13,16H,4,9-10H2,1-3H3,(H,17,18). The molecule has 0 bridgehead atoms. The molecule has 5 nitrogen and oxygen atoms in total. The van der Waals surface area contributed by atoms with Crippen molar-refractivity contribution in [1.29, 1.82) is 0 Å². The summed E-state index contributed by atoms with van der Waals surface area (Å²) in [7, 11) is -3.68. The smallest absolute Gasteiger partial charge is 0.307 e. The molecule has 1 aromatic rings. The molecule has 0 heterocycles. The normalized spacial score (nSPS) is 13.3. The number of aryl methyl sites for hydroxylation is 1. The van der Waals surface area contributed by atoms with Crippen molar-refractivity contribution in [2.75, 3.05) is 6.54 Å². The summed E-state index contributed by atoms with van der Waals surface area (Å²) in [5.74, 6) is -1.50. The van der Waals surface area contributed by atoms with Gasteiger partial charge in [0.05, 0.1) is 10.8 Å². The Morgan fingerprint density at radius 3 is 2.43 bits per heavy atom. The second-order valence-electron chi connectivity index (χ2n) is 5.48. The van der Waals surface area contributed by atoms with E-state index in [2.05, 4.69) is 4.72 Å². The van der Waals surface area contributed by atoms with Gasteiger partial charge in [0.1, 0.15) is 0 Å². The summed E-state index contributed by atoms with van der Waals surface area (Å²) in [5.41, 5.74) is 0.723. The van der Waals surface area contributed by atoms with Crippen molar-refractivity contribution in [3.63, 3.8) is 0 Å². The van der Waals surface area contributed by atoms with Gasteiger partial charge in [-0.15, -0.1) is 0 Å². The Hall–Kier alpha value is -1.40. The van der Waals surface area contributed by atoms with E-state index in [9.17, 15) is 13.2 Å². The number of hydrogen-bond acceptors (Lipinski definition) is 3. The van der Waals surface area contributed by atoms with Crippen LogP contribution >= 0.6 is 0 Å². The topological polar surface area (TPSA) is 83.5 Å². The molecule has 0 amide bonds. The van der Waals surface area contributed by atoms with Crippen LogP contribution in [0.15, 0.2) is 29.2 Å². The predicted molar refractivity (Wildman–Crippen MR) is 81.6 cm³/mol.